The number of benzene rings is 1. The SMILES string of the molecule is COc1ccnc(Cc2cc(C)ccc2S(=O)(=O)NC(=O)c2cc[nH]c2)c1. The van der Waals surface area contributed by atoms with Gasteiger partial charge in [-0.15, -0.1) is 0 Å². The normalized spacial score (nSPS) is 11.2. The molecule has 0 radical (unpaired) electrons. The number of ether oxygens (including phenoxy) is 1. The first-order chi connectivity index (χ1) is 12.9. The van der Waals surface area contributed by atoms with Crippen LogP contribution in [0, 0.1) is 6.92 Å². The second kappa shape index (κ2) is 7.63. The van der Waals surface area contributed by atoms with Crippen molar-refractivity contribution in [1.29, 1.82) is 0 Å². The maximum absolute atomic E-state index is 12.8. The average Bonchev–Trinajstić information content (AvgIpc) is 3.16. The summed E-state index contributed by atoms with van der Waals surface area (Å²) in [7, 11) is -2.49. The molecule has 0 aliphatic rings. The van der Waals surface area contributed by atoms with Crippen LogP contribution < -0.4 is 9.46 Å². The molecule has 1 aromatic carbocycles. The topological polar surface area (TPSA) is 101 Å². The van der Waals surface area contributed by atoms with Crippen LogP contribution in [0.4, 0.5) is 0 Å². The van der Waals surface area contributed by atoms with Crippen molar-refractivity contribution in [2.24, 2.45) is 0 Å². The van der Waals surface area contributed by atoms with E-state index in [0.717, 1.165) is 5.56 Å². The zero-order valence-corrected chi connectivity index (χ0v) is 15.7. The Morgan fingerprint density at radius 1 is 1.22 bits per heavy atom. The summed E-state index contributed by atoms with van der Waals surface area (Å²) in [5.74, 6) is -0.0555. The van der Waals surface area contributed by atoms with Gasteiger partial charge in [0, 0.05) is 36.8 Å². The predicted molar refractivity (Wildman–Crippen MR) is 100 cm³/mol. The summed E-state index contributed by atoms with van der Waals surface area (Å²) in [5.41, 5.74) is 2.35. The van der Waals surface area contributed by atoms with E-state index in [2.05, 4.69) is 14.7 Å². The second-order valence-electron chi connectivity index (χ2n) is 6.01. The number of carbonyl (C=O) groups is 1. The Morgan fingerprint density at radius 3 is 2.74 bits per heavy atom. The third-order valence-electron chi connectivity index (χ3n) is 3.99. The highest BCUT2D eigenvalue weighted by molar-refractivity contribution is 7.90. The number of pyridine rings is 1. The molecule has 0 unspecified atom stereocenters. The van der Waals surface area contributed by atoms with Gasteiger partial charge in [-0.05, 0) is 30.7 Å². The zero-order chi connectivity index (χ0) is 19.4. The van der Waals surface area contributed by atoms with Gasteiger partial charge in [0.05, 0.1) is 17.6 Å². The lowest BCUT2D eigenvalue weighted by molar-refractivity contribution is 0.0981. The van der Waals surface area contributed by atoms with Crippen molar-refractivity contribution in [2.45, 2.75) is 18.2 Å². The number of amides is 1. The highest BCUT2D eigenvalue weighted by Gasteiger charge is 2.22. The number of aromatic amines is 1. The molecule has 8 heteroatoms. The lowest BCUT2D eigenvalue weighted by Gasteiger charge is -2.12. The Labute approximate surface area is 157 Å². The Bertz CT molecular complexity index is 1060. The van der Waals surface area contributed by atoms with Crippen molar-refractivity contribution in [1.82, 2.24) is 14.7 Å². The summed E-state index contributed by atoms with van der Waals surface area (Å²) in [6.45, 7) is 1.87. The molecule has 7 nitrogen and oxygen atoms in total. The highest BCUT2D eigenvalue weighted by atomic mass is 32.2. The Balaban J connectivity index is 1.94. The van der Waals surface area contributed by atoms with Crippen LogP contribution in [-0.4, -0.2) is 31.4 Å². The molecule has 0 saturated heterocycles. The number of nitrogens with zero attached hydrogens (tertiary/aromatic N) is 1. The van der Waals surface area contributed by atoms with Gasteiger partial charge in [0.2, 0.25) is 0 Å². The van der Waals surface area contributed by atoms with E-state index in [0.29, 0.717) is 17.0 Å². The van der Waals surface area contributed by atoms with Crippen LogP contribution in [0.3, 0.4) is 0 Å². The van der Waals surface area contributed by atoms with Crippen molar-refractivity contribution < 1.29 is 17.9 Å². The van der Waals surface area contributed by atoms with E-state index in [9.17, 15) is 13.2 Å². The number of sulfonamides is 1. The third-order valence-corrected chi connectivity index (χ3v) is 5.42. The van der Waals surface area contributed by atoms with Crippen molar-refractivity contribution >= 4 is 15.9 Å². The first-order valence-corrected chi connectivity index (χ1v) is 9.66. The van der Waals surface area contributed by atoms with Gasteiger partial charge in [-0.3, -0.25) is 9.78 Å². The maximum atomic E-state index is 12.8. The van der Waals surface area contributed by atoms with Crippen LogP contribution in [0.15, 0.2) is 59.9 Å². The maximum Gasteiger partial charge on any atom is 0.266 e. The van der Waals surface area contributed by atoms with Crippen LogP contribution in [0.2, 0.25) is 0 Å². The fraction of sp³-hybridized carbons (Fsp3) is 0.158. The molecule has 2 aromatic heterocycles. The molecule has 3 rings (SSSR count). The summed E-state index contributed by atoms with van der Waals surface area (Å²) in [6.07, 6.45) is 4.87. The van der Waals surface area contributed by atoms with Crippen molar-refractivity contribution in [3.05, 3.63) is 77.4 Å². The summed E-state index contributed by atoms with van der Waals surface area (Å²) < 4.78 is 32.9. The largest absolute Gasteiger partial charge is 0.497 e. The molecule has 0 saturated carbocycles. The summed E-state index contributed by atoms with van der Waals surface area (Å²) >= 11 is 0. The molecular formula is C19H19N3O4S. The van der Waals surface area contributed by atoms with E-state index in [-0.39, 0.29) is 16.9 Å². The van der Waals surface area contributed by atoms with Gasteiger partial charge in [-0.2, -0.15) is 0 Å². The third kappa shape index (κ3) is 4.35. The number of aryl methyl sites for hydroxylation is 1. The molecular weight excluding hydrogens is 366 g/mol. The minimum Gasteiger partial charge on any atom is -0.497 e. The summed E-state index contributed by atoms with van der Waals surface area (Å²) in [6, 6.07) is 9.93. The first kappa shape index (κ1) is 18.7. The van der Waals surface area contributed by atoms with Crippen LogP contribution in [0.1, 0.15) is 27.2 Å². The van der Waals surface area contributed by atoms with E-state index in [1.807, 2.05) is 6.92 Å². The quantitative estimate of drug-likeness (QED) is 0.679. The molecule has 0 fully saturated rings. The number of carbonyl (C=O) groups excluding carboxylic acids is 1. The molecule has 0 bridgehead atoms. The highest BCUT2D eigenvalue weighted by Crippen LogP contribution is 2.22. The lowest BCUT2D eigenvalue weighted by atomic mass is 10.1. The van der Waals surface area contributed by atoms with Crippen LogP contribution in [0.5, 0.6) is 5.75 Å². The van der Waals surface area contributed by atoms with Crippen LogP contribution >= 0.6 is 0 Å². The molecule has 27 heavy (non-hydrogen) atoms. The van der Waals surface area contributed by atoms with Gasteiger partial charge >= 0.3 is 0 Å². The zero-order valence-electron chi connectivity index (χ0n) is 14.9. The number of methoxy groups -OCH3 is 1. The van der Waals surface area contributed by atoms with Gasteiger partial charge in [-0.1, -0.05) is 17.7 Å². The number of hydrogen-bond donors (Lipinski definition) is 2. The molecule has 2 heterocycles. The lowest BCUT2D eigenvalue weighted by Crippen LogP contribution is -2.31. The minimum absolute atomic E-state index is 0.0432. The standard InChI is InChI=1S/C19H19N3O4S/c1-13-3-4-18(27(24,25)22-19(23)14-5-7-20-12-14)15(9-13)10-16-11-17(26-2)6-8-21-16/h3-9,11-12,20H,10H2,1-2H3,(H,22,23). The number of rotatable bonds is 6. The van der Waals surface area contributed by atoms with Crippen molar-refractivity contribution in [2.75, 3.05) is 7.11 Å². The van der Waals surface area contributed by atoms with Crippen molar-refractivity contribution in [3.8, 4) is 5.75 Å². The second-order valence-corrected chi connectivity index (χ2v) is 7.66. The summed E-state index contributed by atoms with van der Waals surface area (Å²) in [4.78, 5) is 19.2. The van der Waals surface area contributed by atoms with E-state index in [4.69, 9.17) is 4.74 Å². The molecule has 3 aromatic rings. The van der Waals surface area contributed by atoms with E-state index >= 15 is 0 Å². The average molecular weight is 385 g/mol. The minimum atomic E-state index is -4.04. The Kier molecular flexibility index (Phi) is 5.27. The molecule has 0 atom stereocenters. The smallest absolute Gasteiger partial charge is 0.266 e. The molecule has 0 spiro atoms. The first-order valence-electron chi connectivity index (χ1n) is 8.17. The summed E-state index contributed by atoms with van der Waals surface area (Å²) in [5, 5.41) is 0. The van der Waals surface area contributed by atoms with E-state index in [1.165, 1.54) is 18.3 Å². The monoisotopic (exact) mass is 385 g/mol. The van der Waals surface area contributed by atoms with E-state index in [1.54, 1.807) is 43.8 Å². The number of nitrogens with one attached hydrogen (secondary N) is 2. The van der Waals surface area contributed by atoms with Crippen LogP contribution in [0.25, 0.3) is 0 Å². The Morgan fingerprint density at radius 2 is 2.04 bits per heavy atom. The molecule has 0 aliphatic carbocycles. The van der Waals surface area contributed by atoms with Gasteiger partial charge in [0.25, 0.3) is 15.9 Å². The van der Waals surface area contributed by atoms with E-state index < -0.39 is 15.9 Å². The van der Waals surface area contributed by atoms with Gasteiger partial charge < -0.3 is 9.72 Å². The number of aromatic nitrogens is 2. The molecule has 140 valence electrons. The number of H-pyrrole nitrogens is 1. The molecule has 2 N–H and O–H groups in total. The molecule has 1 amide bonds. The van der Waals surface area contributed by atoms with Crippen LogP contribution in [-0.2, 0) is 16.4 Å². The van der Waals surface area contributed by atoms with Gasteiger partial charge in [-0.25, -0.2) is 13.1 Å². The van der Waals surface area contributed by atoms with Gasteiger partial charge in [0.15, 0.2) is 0 Å². The van der Waals surface area contributed by atoms with Crippen molar-refractivity contribution in [3.63, 3.8) is 0 Å². The molecule has 0 aliphatic heterocycles. The Hall–Kier alpha value is -3.13. The van der Waals surface area contributed by atoms with Gasteiger partial charge in [0.1, 0.15) is 5.75 Å². The predicted octanol–water partition coefficient (Wildman–Crippen LogP) is 2.44. The fourth-order valence-corrected chi connectivity index (χ4v) is 3.88. The number of hydrogen-bond acceptors (Lipinski definition) is 5. The fourth-order valence-electron chi connectivity index (χ4n) is 2.68.